The number of carboxylic acids is 1. The van der Waals surface area contributed by atoms with Crippen LogP contribution in [0.5, 0.6) is 0 Å². The van der Waals surface area contributed by atoms with E-state index in [9.17, 15) is 13.2 Å². The van der Waals surface area contributed by atoms with Crippen LogP contribution in [-0.4, -0.2) is 82.3 Å². The van der Waals surface area contributed by atoms with E-state index in [-0.39, 0.29) is 30.0 Å². The molecule has 0 bridgehead atoms. The maximum Gasteiger partial charge on any atom is 0.304 e. The van der Waals surface area contributed by atoms with Crippen LogP contribution in [0.1, 0.15) is 17.7 Å². The minimum Gasteiger partial charge on any atom is -0.481 e. The van der Waals surface area contributed by atoms with Crippen LogP contribution in [0.15, 0.2) is 6.20 Å². The number of hydrogen-bond donors (Lipinski definition) is 1. The molecule has 0 amide bonds. The molecular weight excluding hydrogens is 332 g/mol. The van der Waals surface area contributed by atoms with Crippen molar-refractivity contribution in [1.29, 1.82) is 0 Å². The lowest BCUT2D eigenvalue weighted by Gasteiger charge is -2.43. The Balaban J connectivity index is 1.76. The summed E-state index contributed by atoms with van der Waals surface area (Å²) in [6, 6.07) is -0.183. The monoisotopic (exact) mass is 356 g/mol. The first-order valence-electron chi connectivity index (χ1n) is 8.14. The van der Waals surface area contributed by atoms with Crippen molar-refractivity contribution in [2.45, 2.75) is 32.0 Å². The van der Waals surface area contributed by atoms with Crippen LogP contribution >= 0.6 is 0 Å². The van der Waals surface area contributed by atoms with Gasteiger partial charge in [-0.3, -0.25) is 19.3 Å². The summed E-state index contributed by atoms with van der Waals surface area (Å²) in [6.45, 7) is 4.54. The Morgan fingerprint density at radius 1 is 1.29 bits per heavy atom. The average Bonchev–Trinajstić information content (AvgIpc) is 2.99. The third-order valence-electron chi connectivity index (χ3n) is 5.23. The van der Waals surface area contributed by atoms with Crippen molar-refractivity contribution in [2.24, 2.45) is 7.05 Å². The van der Waals surface area contributed by atoms with Crippen LogP contribution in [-0.2, 0) is 28.2 Å². The number of carbonyl (C=O) groups is 1. The van der Waals surface area contributed by atoms with E-state index in [2.05, 4.69) is 10.00 Å². The van der Waals surface area contributed by atoms with E-state index in [1.54, 1.807) is 0 Å². The SMILES string of the molecule is Cc1c(CN2CCN(CCC(=O)O)[C@@H]3CS(=O)(=O)C[C@@H]32)cnn1C. The molecule has 2 saturated heterocycles. The van der Waals surface area contributed by atoms with Gasteiger partial charge in [-0.25, -0.2) is 8.42 Å². The molecule has 3 heterocycles. The molecule has 0 aliphatic carbocycles. The van der Waals surface area contributed by atoms with Crippen LogP contribution in [0.2, 0.25) is 0 Å². The molecule has 1 aromatic rings. The van der Waals surface area contributed by atoms with Crippen molar-refractivity contribution >= 4 is 15.8 Å². The summed E-state index contributed by atoms with van der Waals surface area (Å²) in [4.78, 5) is 15.1. The third kappa shape index (κ3) is 3.47. The van der Waals surface area contributed by atoms with E-state index in [0.717, 1.165) is 17.8 Å². The van der Waals surface area contributed by atoms with E-state index in [0.29, 0.717) is 19.6 Å². The quantitative estimate of drug-likeness (QED) is 0.759. The highest BCUT2D eigenvalue weighted by Crippen LogP contribution is 2.28. The molecule has 9 heteroatoms. The Kier molecular flexibility index (Phi) is 4.67. The molecule has 1 aromatic heterocycles. The van der Waals surface area contributed by atoms with E-state index in [1.165, 1.54) is 0 Å². The molecule has 3 rings (SSSR count). The lowest BCUT2D eigenvalue weighted by atomic mass is 10.0. The summed E-state index contributed by atoms with van der Waals surface area (Å²) >= 11 is 0. The number of fused-ring (bicyclic) bond motifs is 1. The number of piperazine rings is 1. The summed E-state index contributed by atoms with van der Waals surface area (Å²) < 4.78 is 26.1. The molecule has 2 fully saturated rings. The van der Waals surface area contributed by atoms with E-state index in [1.807, 2.05) is 29.7 Å². The molecule has 0 aromatic carbocycles. The fourth-order valence-electron chi connectivity index (χ4n) is 3.73. The normalized spacial score (nSPS) is 27.2. The van der Waals surface area contributed by atoms with Crippen LogP contribution in [0, 0.1) is 6.92 Å². The summed E-state index contributed by atoms with van der Waals surface area (Å²) in [5.74, 6) is -0.568. The summed E-state index contributed by atoms with van der Waals surface area (Å²) in [5.41, 5.74) is 2.19. The van der Waals surface area contributed by atoms with E-state index >= 15 is 0 Å². The zero-order valence-electron chi connectivity index (χ0n) is 14.1. The Hall–Kier alpha value is -1.45. The zero-order chi connectivity index (χ0) is 17.5. The maximum atomic E-state index is 12.2. The van der Waals surface area contributed by atoms with E-state index in [4.69, 9.17) is 5.11 Å². The fourth-order valence-corrected chi connectivity index (χ4v) is 5.77. The zero-order valence-corrected chi connectivity index (χ0v) is 14.9. The molecule has 134 valence electrons. The second-order valence-electron chi connectivity index (χ2n) is 6.74. The second-order valence-corrected chi connectivity index (χ2v) is 8.89. The topological polar surface area (TPSA) is 95.7 Å². The van der Waals surface area contributed by atoms with Crippen molar-refractivity contribution in [3.8, 4) is 0 Å². The van der Waals surface area contributed by atoms with Gasteiger partial charge in [-0.05, 0) is 6.92 Å². The van der Waals surface area contributed by atoms with Crippen molar-refractivity contribution < 1.29 is 18.3 Å². The summed E-state index contributed by atoms with van der Waals surface area (Å²) in [7, 11) is -1.19. The van der Waals surface area contributed by atoms with Crippen LogP contribution in [0.25, 0.3) is 0 Å². The highest BCUT2D eigenvalue weighted by atomic mass is 32.2. The fraction of sp³-hybridized carbons (Fsp3) is 0.733. The van der Waals surface area contributed by atoms with Gasteiger partial charge in [0.15, 0.2) is 9.84 Å². The van der Waals surface area contributed by atoms with Gasteiger partial charge in [-0.1, -0.05) is 0 Å². The lowest BCUT2D eigenvalue weighted by molar-refractivity contribution is -0.137. The first-order chi connectivity index (χ1) is 11.3. The molecule has 0 unspecified atom stereocenters. The molecule has 2 atom stereocenters. The number of aromatic nitrogens is 2. The Morgan fingerprint density at radius 3 is 2.50 bits per heavy atom. The first kappa shape index (κ1) is 17.4. The van der Waals surface area contributed by atoms with Gasteiger partial charge in [0.1, 0.15) is 0 Å². The lowest BCUT2D eigenvalue weighted by Crippen LogP contribution is -2.58. The van der Waals surface area contributed by atoms with Crippen LogP contribution in [0.3, 0.4) is 0 Å². The van der Waals surface area contributed by atoms with Gasteiger partial charge in [0.2, 0.25) is 0 Å². The van der Waals surface area contributed by atoms with Gasteiger partial charge < -0.3 is 5.11 Å². The highest BCUT2D eigenvalue weighted by molar-refractivity contribution is 7.91. The number of hydrogen-bond acceptors (Lipinski definition) is 6. The first-order valence-corrected chi connectivity index (χ1v) is 9.97. The standard InChI is InChI=1S/C15H24N4O4S/c1-11-12(7-16-17(11)2)8-19-6-5-18(4-3-15(20)21)13-9-24(22,23)10-14(13)19/h7,13-14H,3-6,8-10H2,1-2H3,(H,20,21)/t13-,14+/m1/s1. The van der Waals surface area contributed by atoms with Gasteiger partial charge in [0, 0.05) is 56.6 Å². The van der Waals surface area contributed by atoms with Gasteiger partial charge in [-0.15, -0.1) is 0 Å². The molecule has 0 saturated carbocycles. The van der Waals surface area contributed by atoms with Gasteiger partial charge in [-0.2, -0.15) is 5.10 Å². The number of aliphatic carboxylic acids is 1. The number of rotatable bonds is 5. The molecule has 0 radical (unpaired) electrons. The number of nitrogens with zero attached hydrogens (tertiary/aromatic N) is 4. The summed E-state index contributed by atoms with van der Waals surface area (Å²) in [5, 5.41) is 13.2. The molecule has 1 N–H and O–H groups in total. The molecule has 0 spiro atoms. The van der Waals surface area contributed by atoms with Gasteiger partial charge in [0.05, 0.1) is 24.1 Å². The summed E-state index contributed by atoms with van der Waals surface area (Å²) in [6.07, 6.45) is 1.88. The van der Waals surface area contributed by atoms with Crippen molar-refractivity contribution in [3.63, 3.8) is 0 Å². The van der Waals surface area contributed by atoms with Crippen LogP contribution < -0.4 is 0 Å². The molecule has 2 aliphatic heterocycles. The minimum atomic E-state index is -3.08. The molecule has 2 aliphatic rings. The Labute approximate surface area is 142 Å². The van der Waals surface area contributed by atoms with Crippen molar-refractivity contribution in [2.75, 3.05) is 31.1 Å². The maximum absolute atomic E-state index is 12.2. The van der Waals surface area contributed by atoms with Crippen molar-refractivity contribution in [3.05, 3.63) is 17.5 Å². The van der Waals surface area contributed by atoms with E-state index < -0.39 is 15.8 Å². The predicted octanol–water partition coefficient (Wildman–Crippen LogP) is -0.514. The largest absolute Gasteiger partial charge is 0.481 e. The number of sulfone groups is 1. The molecule has 24 heavy (non-hydrogen) atoms. The number of aryl methyl sites for hydroxylation is 1. The van der Waals surface area contributed by atoms with Gasteiger partial charge in [0.25, 0.3) is 0 Å². The molecular formula is C15H24N4O4S. The third-order valence-corrected chi connectivity index (χ3v) is 6.93. The number of carboxylic acid groups (broad SMARTS) is 1. The molecule has 8 nitrogen and oxygen atoms in total. The highest BCUT2D eigenvalue weighted by Gasteiger charge is 2.46. The Bertz CT molecular complexity index is 730. The predicted molar refractivity (Wildman–Crippen MR) is 88.4 cm³/mol. The smallest absolute Gasteiger partial charge is 0.304 e. The average molecular weight is 356 g/mol. The van der Waals surface area contributed by atoms with Crippen LogP contribution in [0.4, 0.5) is 0 Å². The van der Waals surface area contributed by atoms with Gasteiger partial charge >= 0.3 is 5.97 Å². The Morgan fingerprint density at radius 2 is 1.92 bits per heavy atom. The minimum absolute atomic E-state index is 0.0466. The second kappa shape index (κ2) is 6.45. The van der Waals surface area contributed by atoms with Crippen molar-refractivity contribution in [1.82, 2.24) is 19.6 Å².